The van der Waals surface area contributed by atoms with Gasteiger partial charge in [0.1, 0.15) is 11.6 Å². The van der Waals surface area contributed by atoms with E-state index in [9.17, 15) is 18.4 Å². The average molecular weight is 449 g/mol. The molecule has 1 saturated heterocycles. The quantitative estimate of drug-likeness (QED) is 0.688. The van der Waals surface area contributed by atoms with E-state index in [4.69, 9.17) is 4.74 Å². The maximum atomic E-state index is 12.5. The number of anilines is 1. The highest BCUT2D eigenvalue weighted by Gasteiger charge is 2.23. The summed E-state index contributed by atoms with van der Waals surface area (Å²) in [5.41, 5.74) is 1.05. The Hall–Kier alpha value is -3.50. The number of aromatic nitrogens is 2. The summed E-state index contributed by atoms with van der Waals surface area (Å²) in [6.45, 7) is 2.82. The van der Waals surface area contributed by atoms with Gasteiger partial charge < -0.3 is 24.6 Å². The van der Waals surface area contributed by atoms with Crippen molar-refractivity contribution in [2.24, 2.45) is 0 Å². The average Bonchev–Trinajstić information content (AvgIpc) is 2.76. The molecule has 1 fully saturated rings. The number of hydrogen-bond donors (Lipinski definition) is 1. The highest BCUT2D eigenvalue weighted by Crippen LogP contribution is 2.29. The standard InChI is InChI=1S/C21H25F2N5O4/c1-13-10-18(26-14(2)25-13)27-6-8-28(9-7-27)19(29)12-24-20(30)15-4-5-16(32-21(22)23)17(11-15)31-3/h4-5,10-11,21H,6-9,12H2,1-3H3,(H,24,30). The molecule has 1 aromatic carbocycles. The Labute approximate surface area is 184 Å². The first-order valence-corrected chi connectivity index (χ1v) is 10.0. The van der Waals surface area contributed by atoms with Gasteiger partial charge in [-0.15, -0.1) is 0 Å². The predicted molar refractivity (Wildman–Crippen MR) is 112 cm³/mol. The Bertz CT molecular complexity index is 960. The smallest absolute Gasteiger partial charge is 0.387 e. The second-order valence-corrected chi connectivity index (χ2v) is 7.21. The Morgan fingerprint density at radius 2 is 1.81 bits per heavy atom. The highest BCUT2D eigenvalue weighted by atomic mass is 19.3. The fraction of sp³-hybridized carbons (Fsp3) is 0.429. The highest BCUT2D eigenvalue weighted by molar-refractivity contribution is 5.97. The molecule has 3 rings (SSSR count). The van der Waals surface area contributed by atoms with Crippen molar-refractivity contribution in [3.05, 3.63) is 41.3 Å². The molecule has 1 aromatic heterocycles. The molecule has 2 aromatic rings. The monoisotopic (exact) mass is 449 g/mol. The molecule has 11 heteroatoms. The Balaban J connectivity index is 1.52. The molecule has 9 nitrogen and oxygen atoms in total. The van der Waals surface area contributed by atoms with Crippen LogP contribution in [0.4, 0.5) is 14.6 Å². The molecular weight excluding hydrogens is 424 g/mol. The summed E-state index contributed by atoms with van der Waals surface area (Å²) in [7, 11) is 1.28. The van der Waals surface area contributed by atoms with Crippen molar-refractivity contribution >= 4 is 17.6 Å². The van der Waals surface area contributed by atoms with Crippen molar-refractivity contribution in [2.45, 2.75) is 20.5 Å². The molecule has 0 unspecified atom stereocenters. The van der Waals surface area contributed by atoms with Crippen LogP contribution >= 0.6 is 0 Å². The number of amides is 2. The van der Waals surface area contributed by atoms with Gasteiger partial charge in [-0.25, -0.2) is 9.97 Å². The van der Waals surface area contributed by atoms with Crippen LogP contribution in [0, 0.1) is 13.8 Å². The van der Waals surface area contributed by atoms with Gasteiger partial charge in [-0.1, -0.05) is 0 Å². The van der Waals surface area contributed by atoms with Crippen LogP contribution in [0.25, 0.3) is 0 Å². The summed E-state index contributed by atoms with van der Waals surface area (Å²) in [5.74, 6) is 0.622. The number of aryl methyl sites for hydroxylation is 2. The number of methoxy groups -OCH3 is 1. The fourth-order valence-corrected chi connectivity index (χ4v) is 3.42. The van der Waals surface area contributed by atoms with E-state index in [1.165, 1.54) is 25.3 Å². The molecule has 0 atom stereocenters. The summed E-state index contributed by atoms with van der Waals surface area (Å²) in [5, 5.41) is 2.56. The number of alkyl halides is 2. The zero-order chi connectivity index (χ0) is 23.3. The first-order chi connectivity index (χ1) is 15.3. The first kappa shape index (κ1) is 23.2. The number of rotatable bonds is 7. The second-order valence-electron chi connectivity index (χ2n) is 7.21. The minimum Gasteiger partial charge on any atom is -0.493 e. The molecule has 2 amide bonds. The number of benzene rings is 1. The molecule has 1 aliphatic heterocycles. The Morgan fingerprint density at radius 3 is 2.44 bits per heavy atom. The molecule has 0 spiro atoms. The minimum absolute atomic E-state index is 0.00408. The lowest BCUT2D eigenvalue weighted by Crippen LogP contribution is -2.51. The third-order valence-corrected chi connectivity index (χ3v) is 4.95. The number of halogens is 2. The number of carbonyl (C=O) groups is 2. The van der Waals surface area contributed by atoms with Gasteiger partial charge in [-0.2, -0.15) is 8.78 Å². The van der Waals surface area contributed by atoms with Gasteiger partial charge in [-0.05, 0) is 32.0 Å². The summed E-state index contributed by atoms with van der Waals surface area (Å²) >= 11 is 0. The van der Waals surface area contributed by atoms with Gasteiger partial charge in [0.15, 0.2) is 11.5 Å². The summed E-state index contributed by atoms with van der Waals surface area (Å²) in [6.07, 6.45) is 0. The summed E-state index contributed by atoms with van der Waals surface area (Å²) in [4.78, 5) is 37.4. The van der Waals surface area contributed by atoms with E-state index in [0.717, 1.165) is 11.5 Å². The number of nitrogens with one attached hydrogen (secondary N) is 1. The van der Waals surface area contributed by atoms with E-state index in [1.807, 2.05) is 19.9 Å². The maximum absolute atomic E-state index is 12.5. The SMILES string of the molecule is COc1cc(C(=O)NCC(=O)N2CCN(c3cc(C)nc(C)n3)CC2)ccc1OC(F)F. The maximum Gasteiger partial charge on any atom is 0.387 e. The molecule has 172 valence electrons. The second kappa shape index (κ2) is 10.2. The molecule has 0 saturated carbocycles. The lowest BCUT2D eigenvalue weighted by molar-refractivity contribution is -0.130. The number of carbonyl (C=O) groups excluding carboxylic acids is 2. The first-order valence-electron chi connectivity index (χ1n) is 10.0. The molecular formula is C21H25F2N5O4. The minimum atomic E-state index is -3.01. The Morgan fingerprint density at radius 1 is 1.09 bits per heavy atom. The van der Waals surface area contributed by atoms with E-state index in [-0.39, 0.29) is 29.5 Å². The predicted octanol–water partition coefficient (Wildman–Crippen LogP) is 1.78. The number of nitrogens with zero attached hydrogens (tertiary/aromatic N) is 4. The molecule has 1 aliphatic rings. The molecule has 0 aliphatic carbocycles. The molecule has 1 N–H and O–H groups in total. The van der Waals surface area contributed by atoms with Crippen molar-refractivity contribution in [1.29, 1.82) is 0 Å². The van der Waals surface area contributed by atoms with Crippen molar-refractivity contribution in [3.8, 4) is 11.5 Å². The topological polar surface area (TPSA) is 96.9 Å². The summed E-state index contributed by atoms with van der Waals surface area (Å²) in [6, 6.07) is 5.74. The molecule has 0 bridgehead atoms. The number of ether oxygens (including phenoxy) is 2. The van der Waals surface area contributed by atoms with Crippen molar-refractivity contribution in [1.82, 2.24) is 20.2 Å². The van der Waals surface area contributed by atoms with E-state index >= 15 is 0 Å². The molecule has 2 heterocycles. The van der Waals surface area contributed by atoms with Crippen LogP contribution < -0.4 is 19.7 Å². The number of hydrogen-bond acceptors (Lipinski definition) is 7. The van der Waals surface area contributed by atoms with Crippen molar-refractivity contribution in [3.63, 3.8) is 0 Å². The van der Waals surface area contributed by atoms with Crippen LogP contribution in [0.15, 0.2) is 24.3 Å². The number of piperazine rings is 1. The van der Waals surface area contributed by atoms with Crippen LogP contribution in [-0.2, 0) is 4.79 Å². The summed E-state index contributed by atoms with van der Waals surface area (Å²) < 4.78 is 34.2. The van der Waals surface area contributed by atoms with E-state index < -0.39 is 12.5 Å². The largest absolute Gasteiger partial charge is 0.493 e. The van der Waals surface area contributed by atoms with Crippen LogP contribution in [0.1, 0.15) is 21.9 Å². The van der Waals surface area contributed by atoms with Gasteiger partial charge in [0.25, 0.3) is 5.91 Å². The van der Waals surface area contributed by atoms with Gasteiger partial charge in [-0.3, -0.25) is 9.59 Å². The molecule has 0 radical (unpaired) electrons. The van der Waals surface area contributed by atoms with E-state index in [0.29, 0.717) is 32.0 Å². The van der Waals surface area contributed by atoms with Gasteiger partial charge in [0.2, 0.25) is 5.91 Å². The van der Waals surface area contributed by atoms with Crippen molar-refractivity contribution < 1.29 is 27.8 Å². The van der Waals surface area contributed by atoms with Crippen LogP contribution in [0.2, 0.25) is 0 Å². The third-order valence-electron chi connectivity index (χ3n) is 4.95. The lowest BCUT2D eigenvalue weighted by atomic mass is 10.2. The normalized spacial score (nSPS) is 13.8. The van der Waals surface area contributed by atoms with Gasteiger partial charge in [0.05, 0.1) is 13.7 Å². The zero-order valence-corrected chi connectivity index (χ0v) is 18.1. The van der Waals surface area contributed by atoms with Crippen LogP contribution in [0.5, 0.6) is 11.5 Å². The van der Waals surface area contributed by atoms with E-state index in [2.05, 4.69) is 24.9 Å². The van der Waals surface area contributed by atoms with Gasteiger partial charge >= 0.3 is 6.61 Å². The van der Waals surface area contributed by atoms with Gasteiger partial charge in [0, 0.05) is 43.5 Å². The third kappa shape index (κ3) is 5.80. The fourth-order valence-electron chi connectivity index (χ4n) is 3.42. The van der Waals surface area contributed by atoms with Crippen LogP contribution in [-0.4, -0.2) is 73.1 Å². The van der Waals surface area contributed by atoms with Crippen LogP contribution in [0.3, 0.4) is 0 Å². The Kier molecular flexibility index (Phi) is 7.39. The van der Waals surface area contributed by atoms with Crippen molar-refractivity contribution in [2.75, 3.05) is 44.7 Å². The zero-order valence-electron chi connectivity index (χ0n) is 18.1. The van der Waals surface area contributed by atoms with E-state index in [1.54, 1.807) is 4.90 Å². The molecule has 32 heavy (non-hydrogen) atoms. The lowest BCUT2D eigenvalue weighted by Gasteiger charge is -2.35.